The molecular formula is C26H33N5O3. The van der Waals surface area contributed by atoms with Crippen molar-refractivity contribution >= 4 is 5.91 Å². The van der Waals surface area contributed by atoms with Gasteiger partial charge < -0.3 is 19.5 Å². The standard InChI is InChI=1S/C21H19N3O2.C5H12N2O.H2/c1-13(2)25-19-10-9-15(11-16(19)12-22)21-23-20(24-26-21)18-8-4-6-14-5-3-7-17(14)18;1-6-5(8)4-7(2)3;/h4,6,8-11,13H,3,5,7H2,1-2H3;4H2,1-3H3,(H,6,8);1H. The number of aryl methyl sites for hydroxylation is 1. The second-order valence-electron chi connectivity index (χ2n) is 8.62. The van der Waals surface area contributed by atoms with Gasteiger partial charge in [-0.3, -0.25) is 4.79 Å². The number of nitrogens with one attached hydrogen (secondary N) is 1. The highest BCUT2D eigenvalue weighted by molar-refractivity contribution is 5.77. The Hall–Kier alpha value is -3.70. The average molecular weight is 464 g/mol. The summed E-state index contributed by atoms with van der Waals surface area (Å²) in [6.07, 6.45) is 3.33. The average Bonchev–Trinajstić information content (AvgIpc) is 3.48. The molecule has 3 aromatic rings. The molecule has 8 nitrogen and oxygen atoms in total. The zero-order valence-electron chi connectivity index (χ0n) is 20.4. The van der Waals surface area contributed by atoms with Crippen molar-refractivity contribution < 1.29 is 15.5 Å². The van der Waals surface area contributed by atoms with Gasteiger partial charge >= 0.3 is 0 Å². The van der Waals surface area contributed by atoms with Gasteiger partial charge in [0, 0.05) is 19.6 Å². The molecule has 1 aliphatic rings. The molecule has 1 N–H and O–H groups in total. The van der Waals surface area contributed by atoms with Gasteiger partial charge in [-0.1, -0.05) is 23.4 Å². The third-order valence-corrected chi connectivity index (χ3v) is 5.26. The molecule has 0 atom stereocenters. The van der Waals surface area contributed by atoms with E-state index >= 15 is 0 Å². The number of amides is 1. The lowest BCUT2D eigenvalue weighted by atomic mass is 10.0. The third kappa shape index (κ3) is 6.21. The monoisotopic (exact) mass is 463 g/mol. The predicted molar refractivity (Wildman–Crippen MR) is 132 cm³/mol. The quantitative estimate of drug-likeness (QED) is 0.587. The number of rotatable bonds is 6. The first kappa shape index (κ1) is 24.9. The van der Waals surface area contributed by atoms with E-state index in [0.717, 1.165) is 18.4 Å². The Kier molecular flexibility index (Phi) is 8.39. The van der Waals surface area contributed by atoms with Crippen LogP contribution in [-0.2, 0) is 17.6 Å². The maximum Gasteiger partial charge on any atom is 0.258 e. The first-order valence-corrected chi connectivity index (χ1v) is 11.3. The Balaban J connectivity index is 0.000000418. The molecule has 1 amide bonds. The molecule has 0 bridgehead atoms. The number of hydrogen-bond acceptors (Lipinski definition) is 7. The predicted octanol–water partition coefficient (Wildman–Crippen LogP) is 4.09. The van der Waals surface area contributed by atoms with E-state index in [-0.39, 0.29) is 13.4 Å². The smallest absolute Gasteiger partial charge is 0.258 e. The number of nitriles is 1. The summed E-state index contributed by atoms with van der Waals surface area (Å²) in [7, 11) is 5.34. The lowest BCUT2D eigenvalue weighted by Gasteiger charge is -2.11. The van der Waals surface area contributed by atoms with Gasteiger partial charge in [0.05, 0.1) is 18.2 Å². The van der Waals surface area contributed by atoms with Crippen molar-refractivity contribution in [2.75, 3.05) is 27.7 Å². The fourth-order valence-corrected chi connectivity index (χ4v) is 3.75. The largest absolute Gasteiger partial charge is 0.490 e. The Morgan fingerprint density at radius 3 is 2.74 bits per heavy atom. The summed E-state index contributed by atoms with van der Waals surface area (Å²) in [6, 6.07) is 13.8. The number of carbonyl (C=O) groups excluding carboxylic acids is 1. The summed E-state index contributed by atoms with van der Waals surface area (Å²) in [5.74, 6) is 1.62. The first-order valence-electron chi connectivity index (χ1n) is 11.3. The van der Waals surface area contributed by atoms with E-state index in [2.05, 4.69) is 27.6 Å². The van der Waals surface area contributed by atoms with E-state index in [4.69, 9.17) is 9.26 Å². The zero-order chi connectivity index (χ0) is 24.7. The second-order valence-corrected chi connectivity index (χ2v) is 8.62. The van der Waals surface area contributed by atoms with Crippen molar-refractivity contribution in [3.8, 4) is 34.7 Å². The summed E-state index contributed by atoms with van der Waals surface area (Å²) in [6.45, 7) is 4.33. The highest BCUT2D eigenvalue weighted by Gasteiger charge is 2.20. The van der Waals surface area contributed by atoms with Crippen LogP contribution < -0.4 is 10.1 Å². The number of carbonyl (C=O) groups is 1. The van der Waals surface area contributed by atoms with E-state index in [0.29, 0.717) is 35.1 Å². The number of hydrogen-bond donors (Lipinski definition) is 1. The van der Waals surface area contributed by atoms with Crippen LogP contribution in [0.2, 0.25) is 0 Å². The molecule has 0 saturated heterocycles. The second kappa shape index (κ2) is 11.4. The van der Waals surface area contributed by atoms with Crippen LogP contribution in [0.1, 0.15) is 38.4 Å². The summed E-state index contributed by atoms with van der Waals surface area (Å²) < 4.78 is 11.1. The molecule has 0 unspecified atom stereocenters. The van der Waals surface area contributed by atoms with Gasteiger partial charge in [-0.2, -0.15) is 10.2 Å². The first-order chi connectivity index (χ1) is 16.3. The van der Waals surface area contributed by atoms with E-state index < -0.39 is 0 Å². The van der Waals surface area contributed by atoms with Crippen molar-refractivity contribution in [2.45, 2.75) is 39.2 Å². The molecule has 0 spiro atoms. The molecular weight excluding hydrogens is 430 g/mol. The van der Waals surface area contributed by atoms with Crippen LogP contribution in [0.4, 0.5) is 0 Å². The molecule has 34 heavy (non-hydrogen) atoms. The summed E-state index contributed by atoms with van der Waals surface area (Å²) in [5.41, 5.74) is 4.89. The van der Waals surface area contributed by atoms with Crippen molar-refractivity contribution in [1.29, 1.82) is 5.26 Å². The number of fused-ring (bicyclic) bond motifs is 1. The van der Waals surface area contributed by atoms with Crippen LogP contribution in [0.3, 0.4) is 0 Å². The van der Waals surface area contributed by atoms with Gasteiger partial charge in [0.1, 0.15) is 11.8 Å². The fourth-order valence-electron chi connectivity index (χ4n) is 3.75. The molecule has 1 aromatic heterocycles. The van der Waals surface area contributed by atoms with Crippen LogP contribution in [0.25, 0.3) is 22.8 Å². The normalized spacial score (nSPS) is 12.1. The fraction of sp³-hybridized carbons (Fsp3) is 0.385. The molecule has 2 aromatic carbocycles. The van der Waals surface area contributed by atoms with Gasteiger partial charge in [-0.15, -0.1) is 0 Å². The van der Waals surface area contributed by atoms with Crippen LogP contribution in [0, 0.1) is 11.3 Å². The molecule has 0 radical (unpaired) electrons. The number of nitrogens with zero attached hydrogens (tertiary/aromatic N) is 4. The lowest BCUT2D eigenvalue weighted by molar-refractivity contribution is -0.121. The maximum absolute atomic E-state index is 10.5. The molecule has 1 aliphatic carbocycles. The summed E-state index contributed by atoms with van der Waals surface area (Å²) >= 11 is 0. The third-order valence-electron chi connectivity index (χ3n) is 5.26. The minimum absolute atomic E-state index is 0. The van der Waals surface area contributed by atoms with Gasteiger partial charge in [-0.05, 0) is 76.5 Å². The Bertz CT molecular complexity index is 1180. The van der Waals surface area contributed by atoms with E-state index in [1.165, 1.54) is 17.5 Å². The Labute approximate surface area is 202 Å². The summed E-state index contributed by atoms with van der Waals surface area (Å²) in [5, 5.41) is 16.1. The zero-order valence-corrected chi connectivity index (χ0v) is 20.4. The topological polar surface area (TPSA) is 104 Å². The molecule has 8 heteroatoms. The molecule has 4 rings (SSSR count). The number of likely N-dealkylation sites (N-methyl/N-ethyl adjacent to an activating group) is 2. The minimum Gasteiger partial charge on any atom is -0.490 e. The van der Waals surface area contributed by atoms with Gasteiger partial charge in [0.15, 0.2) is 0 Å². The van der Waals surface area contributed by atoms with Crippen LogP contribution >= 0.6 is 0 Å². The number of ether oxygens (including phenoxy) is 1. The maximum atomic E-state index is 10.5. The van der Waals surface area contributed by atoms with Crippen molar-refractivity contribution in [3.05, 3.63) is 53.1 Å². The van der Waals surface area contributed by atoms with Gasteiger partial charge in [-0.25, -0.2) is 0 Å². The molecule has 0 saturated carbocycles. The van der Waals surface area contributed by atoms with Crippen LogP contribution in [-0.4, -0.2) is 54.7 Å². The molecule has 1 heterocycles. The van der Waals surface area contributed by atoms with Crippen LogP contribution in [0.5, 0.6) is 5.75 Å². The SMILES string of the molecule is CC(C)Oc1ccc(-c2nc(-c3cccc4c3CCC4)no2)cc1C#N.CNC(=O)CN(C)C.[HH]. The van der Waals surface area contributed by atoms with E-state index in [9.17, 15) is 10.1 Å². The van der Waals surface area contributed by atoms with E-state index in [1.807, 2.05) is 51.0 Å². The van der Waals surface area contributed by atoms with Crippen molar-refractivity contribution in [3.63, 3.8) is 0 Å². The number of benzene rings is 2. The molecule has 180 valence electrons. The lowest BCUT2D eigenvalue weighted by Crippen LogP contribution is -2.30. The highest BCUT2D eigenvalue weighted by Crippen LogP contribution is 2.32. The van der Waals surface area contributed by atoms with Gasteiger partial charge in [0.2, 0.25) is 11.7 Å². The number of aromatic nitrogens is 2. The Morgan fingerprint density at radius 1 is 1.29 bits per heavy atom. The minimum atomic E-state index is 0. The summed E-state index contributed by atoms with van der Waals surface area (Å²) in [4.78, 5) is 16.9. The van der Waals surface area contributed by atoms with Crippen molar-refractivity contribution in [1.82, 2.24) is 20.4 Å². The Morgan fingerprint density at radius 2 is 2.09 bits per heavy atom. The molecule has 0 fully saturated rings. The van der Waals surface area contributed by atoms with Gasteiger partial charge in [0.25, 0.3) is 5.89 Å². The van der Waals surface area contributed by atoms with Crippen molar-refractivity contribution in [2.24, 2.45) is 0 Å². The molecule has 0 aliphatic heterocycles. The van der Waals surface area contributed by atoms with E-state index in [1.54, 1.807) is 19.2 Å². The van der Waals surface area contributed by atoms with Crippen LogP contribution in [0.15, 0.2) is 40.9 Å². The highest BCUT2D eigenvalue weighted by atomic mass is 16.5.